The maximum Gasteiger partial charge on any atom is 0.309 e. The highest BCUT2D eigenvalue weighted by Crippen LogP contribution is 2.59. The highest BCUT2D eigenvalue weighted by molar-refractivity contribution is 5.73. The zero-order valence-electron chi connectivity index (χ0n) is 12.0. The molecule has 4 aliphatic rings. The van der Waals surface area contributed by atoms with Gasteiger partial charge < -0.3 is 9.47 Å². The average molecular weight is 288 g/mol. The summed E-state index contributed by atoms with van der Waals surface area (Å²) in [7, 11) is 1.75. The number of alkyl halides is 2. The molecule has 4 aliphatic carbocycles. The van der Waals surface area contributed by atoms with Gasteiger partial charge in [-0.3, -0.25) is 4.79 Å². The van der Waals surface area contributed by atoms with E-state index in [4.69, 9.17) is 9.47 Å². The van der Waals surface area contributed by atoms with Crippen LogP contribution in [0.2, 0.25) is 0 Å². The van der Waals surface area contributed by atoms with Gasteiger partial charge in [0.15, 0.2) is 6.61 Å². The fourth-order valence-corrected chi connectivity index (χ4v) is 4.88. The van der Waals surface area contributed by atoms with Gasteiger partial charge in [0.2, 0.25) is 0 Å². The Morgan fingerprint density at radius 2 is 1.85 bits per heavy atom. The molecule has 0 aliphatic heterocycles. The summed E-state index contributed by atoms with van der Waals surface area (Å²) in [4.78, 5) is 12.2. The van der Waals surface area contributed by atoms with E-state index in [1.54, 1.807) is 7.11 Å². The predicted octanol–water partition coefficient (Wildman–Crippen LogP) is 3.03. The van der Waals surface area contributed by atoms with Gasteiger partial charge in [0.25, 0.3) is 5.92 Å². The quantitative estimate of drug-likeness (QED) is 0.746. The summed E-state index contributed by atoms with van der Waals surface area (Å²) in [5.74, 6) is -2.44. The van der Waals surface area contributed by atoms with Gasteiger partial charge in [0.1, 0.15) is 0 Å². The molecule has 0 aromatic carbocycles. The normalized spacial score (nSPS) is 42.8. The molecule has 2 atom stereocenters. The van der Waals surface area contributed by atoms with E-state index in [1.165, 1.54) is 0 Å². The summed E-state index contributed by atoms with van der Waals surface area (Å²) in [5, 5.41) is 0. The Balaban J connectivity index is 1.69. The number of hydrogen-bond acceptors (Lipinski definition) is 3. The van der Waals surface area contributed by atoms with Crippen LogP contribution in [0, 0.1) is 23.7 Å². The van der Waals surface area contributed by atoms with Crippen LogP contribution in [0.3, 0.4) is 0 Å². The smallest absolute Gasteiger partial charge is 0.309 e. The number of ether oxygens (including phenoxy) is 2. The van der Waals surface area contributed by atoms with E-state index in [-0.39, 0.29) is 23.4 Å². The van der Waals surface area contributed by atoms with Crippen molar-refractivity contribution in [3.63, 3.8) is 0 Å². The molecule has 114 valence electrons. The Morgan fingerprint density at radius 1 is 1.25 bits per heavy atom. The summed E-state index contributed by atoms with van der Waals surface area (Å²) in [6.45, 7) is -0.0301. The molecule has 0 aromatic heterocycles. The third-order valence-electron chi connectivity index (χ3n) is 5.39. The number of hydrogen-bond donors (Lipinski definition) is 0. The second kappa shape index (κ2) is 4.65. The van der Waals surface area contributed by atoms with Crippen molar-refractivity contribution in [2.75, 3.05) is 13.7 Å². The number of carbonyl (C=O) groups is 1. The highest BCUT2D eigenvalue weighted by Gasteiger charge is 2.58. The topological polar surface area (TPSA) is 35.5 Å². The Kier molecular flexibility index (Phi) is 3.31. The first-order valence-electron chi connectivity index (χ1n) is 7.41. The number of rotatable bonds is 4. The molecule has 2 unspecified atom stereocenters. The molecule has 5 heteroatoms. The monoisotopic (exact) mass is 288 g/mol. The molecule has 0 radical (unpaired) electrons. The Morgan fingerprint density at radius 3 is 2.35 bits per heavy atom. The van der Waals surface area contributed by atoms with E-state index in [1.807, 2.05) is 0 Å². The second-order valence-corrected chi connectivity index (χ2v) is 7.06. The van der Waals surface area contributed by atoms with Crippen LogP contribution in [0.5, 0.6) is 0 Å². The van der Waals surface area contributed by atoms with Crippen molar-refractivity contribution in [2.45, 2.75) is 50.6 Å². The summed E-state index contributed by atoms with van der Waals surface area (Å²) in [5.41, 5.74) is -0.0675. The SMILES string of the molecule is COC12CC3CC(C1)C(C(=O)OCC(C)(F)F)C(C3)C2. The van der Waals surface area contributed by atoms with Gasteiger partial charge in [-0.2, -0.15) is 0 Å². The molecule has 0 saturated heterocycles. The fraction of sp³-hybridized carbons (Fsp3) is 0.933. The van der Waals surface area contributed by atoms with Crippen molar-refractivity contribution in [1.29, 1.82) is 0 Å². The van der Waals surface area contributed by atoms with Crippen LogP contribution in [0.15, 0.2) is 0 Å². The van der Waals surface area contributed by atoms with Gasteiger partial charge in [-0.05, 0) is 49.9 Å². The number of methoxy groups -OCH3 is 1. The molecule has 0 amide bonds. The van der Waals surface area contributed by atoms with Crippen molar-refractivity contribution in [3.8, 4) is 0 Å². The third kappa shape index (κ3) is 2.45. The minimum atomic E-state index is -2.95. The van der Waals surface area contributed by atoms with Crippen LogP contribution < -0.4 is 0 Å². The van der Waals surface area contributed by atoms with Gasteiger partial charge in [-0.25, -0.2) is 8.78 Å². The molecular weight excluding hydrogens is 266 g/mol. The predicted molar refractivity (Wildman–Crippen MR) is 68.4 cm³/mol. The van der Waals surface area contributed by atoms with Crippen molar-refractivity contribution >= 4 is 5.97 Å². The van der Waals surface area contributed by atoms with Crippen molar-refractivity contribution < 1.29 is 23.0 Å². The van der Waals surface area contributed by atoms with E-state index in [0.29, 0.717) is 5.92 Å². The maximum atomic E-state index is 12.8. The Hall–Kier alpha value is -0.710. The molecule has 4 rings (SSSR count). The summed E-state index contributed by atoms with van der Waals surface area (Å²) in [6.07, 6.45) is 4.87. The second-order valence-electron chi connectivity index (χ2n) is 7.06. The lowest BCUT2D eigenvalue weighted by Crippen LogP contribution is -2.57. The number of halogens is 2. The van der Waals surface area contributed by atoms with E-state index in [0.717, 1.165) is 39.0 Å². The van der Waals surface area contributed by atoms with E-state index in [2.05, 4.69) is 0 Å². The summed E-state index contributed by atoms with van der Waals surface area (Å²) >= 11 is 0. The lowest BCUT2D eigenvalue weighted by Gasteiger charge is -2.58. The molecule has 20 heavy (non-hydrogen) atoms. The number of carbonyl (C=O) groups excluding carboxylic acids is 1. The zero-order valence-corrected chi connectivity index (χ0v) is 12.0. The van der Waals surface area contributed by atoms with Crippen LogP contribution in [0.4, 0.5) is 8.78 Å². The average Bonchev–Trinajstić information content (AvgIpc) is 2.34. The van der Waals surface area contributed by atoms with Crippen LogP contribution in [0.1, 0.15) is 39.0 Å². The molecule has 4 fully saturated rings. The molecule has 3 nitrogen and oxygen atoms in total. The summed E-state index contributed by atoms with van der Waals surface area (Å²) < 4.78 is 36.2. The molecule has 0 spiro atoms. The van der Waals surface area contributed by atoms with Gasteiger partial charge in [-0.15, -0.1) is 0 Å². The molecule has 4 saturated carbocycles. The number of esters is 1. The van der Waals surface area contributed by atoms with Crippen molar-refractivity contribution in [2.24, 2.45) is 23.7 Å². The highest BCUT2D eigenvalue weighted by atomic mass is 19.3. The van der Waals surface area contributed by atoms with Gasteiger partial charge in [0.05, 0.1) is 11.5 Å². The molecule has 4 bridgehead atoms. The maximum absolute atomic E-state index is 12.8. The van der Waals surface area contributed by atoms with E-state index < -0.39 is 18.5 Å². The molecule has 0 aromatic rings. The first-order valence-corrected chi connectivity index (χ1v) is 7.41. The van der Waals surface area contributed by atoms with Crippen LogP contribution in [-0.2, 0) is 14.3 Å². The van der Waals surface area contributed by atoms with Crippen LogP contribution in [-0.4, -0.2) is 31.2 Å². The standard InChI is InChI=1S/C15H22F2O3/c1-14(16,17)8-20-13(18)12-10-3-9-4-11(12)7-15(5-9,6-10)19-2/h9-12H,3-8H2,1-2H3. The Bertz CT molecular complexity index is 388. The minimum Gasteiger partial charge on any atom is -0.459 e. The van der Waals surface area contributed by atoms with Gasteiger partial charge >= 0.3 is 5.97 Å². The zero-order chi connectivity index (χ0) is 14.5. The Labute approximate surface area is 118 Å². The van der Waals surface area contributed by atoms with Gasteiger partial charge in [0, 0.05) is 14.0 Å². The van der Waals surface area contributed by atoms with Crippen molar-refractivity contribution in [3.05, 3.63) is 0 Å². The van der Waals surface area contributed by atoms with E-state index in [9.17, 15) is 13.6 Å². The van der Waals surface area contributed by atoms with E-state index >= 15 is 0 Å². The van der Waals surface area contributed by atoms with Crippen LogP contribution in [0.25, 0.3) is 0 Å². The fourth-order valence-electron chi connectivity index (χ4n) is 4.88. The summed E-state index contributed by atoms with van der Waals surface area (Å²) in [6, 6.07) is 0. The third-order valence-corrected chi connectivity index (χ3v) is 5.39. The first-order chi connectivity index (χ1) is 9.32. The largest absolute Gasteiger partial charge is 0.459 e. The lowest BCUT2D eigenvalue weighted by atomic mass is 9.50. The van der Waals surface area contributed by atoms with Gasteiger partial charge in [-0.1, -0.05) is 0 Å². The lowest BCUT2D eigenvalue weighted by molar-refractivity contribution is -0.194. The minimum absolute atomic E-state index is 0.0675. The molecular formula is C15H22F2O3. The van der Waals surface area contributed by atoms with Crippen LogP contribution >= 0.6 is 0 Å². The molecule has 0 heterocycles. The molecule has 0 N–H and O–H groups in total. The van der Waals surface area contributed by atoms with Crippen molar-refractivity contribution in [1.82, 2.24) is 0 Å². The first kappa shape index (κ1) is 14.2.